The zero-order valence-electron chi connectivity index (χ0n) is 11.7. The highest BCUT2D eigenvalue weighted by molar-refractivity contribution is 6.31. The van der Waals surface area contributed by atoms with Gasteiger partial charge in [-0.15, -0.1) is 0 Å². The van der Waals surface area contributed by atoms with E-state index in [1.165, 1.54) is 12.1 Å². The average Bonchev–Trinajstić information content (AvgIpc) is 2.85. The van der Waals surface area contributed by atoms with Crippen LogP contribution >= 0.6 is 11.6 Å². The molecule has 108 valence electrons. The number of imidazole rings is 1. The molecule has 3 nitrogen and oxygen atoms in total. The van der Waals surface area contributed by atoms with E-state index in [1.54, 1.807) is 12.3 Å². The lowest BCUT2D eigenvalue weighted by atomic mass is 10.0. The van der Waals surface area contributed by atoms with Crippen molar-refractivity contribution < 1.29 is 4.39 Å². The number of aromatic nitrogens is 2. The molecule has 1 heterocycles. The number of nitrogens with zero attached hydrogens (tertiary/aromatic N) is 2. The molecule has 1 aromatic carbocycles. The Morgan fingerprint density at radius 1 is 1.40 bits per heavy atom. The van der Waals surface area contributed by atoms with E-state index in [-0.39, 0.29) is 11.9 Å². The first-order chi connectivity index (χ1) is 9.65. The minimum Gasteiger partial charge on any atom is -0.335 e. The summed E-state index contributed by atoms with van der Waals surface area (Å²) in [6, 6.07) is 4.57. The van der Waals surface area contributed by atoms with Gasteiger partial charge in [0.05, 0.1) is 0 Å². The van der Waals surface area contributed by atoms with E-state index in [9.17, 15) is 4.39 Å². The quantitative estimate of drug-likeness (QED) is 0.882. The van der Waals surface area contributed by atoms with Gasteiger partial charge in [0.1, 0.15) is 11.6 Å². The van der Waals surface area contributed by atoms with Crippen LogP contribution in [-0.4, -0.2) is 16.1 Å². The Bertz CT molecular complexity index is 568. The molecule has 1 unspecified atom stereocenters. The van der Waals surface area contributed by atoms with Gasteiger partial charge in [0.2, 0.25) is 0 Å². The molecule has 1 N–H and O–H groups in total. The fraction of sp³-hybridized carbons (Fsp3) is 0.400. The van der Waals surface area contributed by atoms with Crippen LogP contribution in [0.5, 0.6) is 0 Å². The predicted molar refractivity (Wildman–Crippen MR) is 79.4 cm³/mol. The second kappa shape index (κ2) is 6.86. The predicted octanol–water partition coefficient (Wildman–Crippen LogP) is 3.59. The van der Waals surface area contributed by atoms with Crippen LogP contribution in [0.25, 0.3) is 0 Å². The third-order valence-corrected chi connectivity index (χ3v) is 3.64. The van der Waals surface area contributed by atoms with E-state index >= 15 is 0 Å². The first kappa shape index (κ1) is 15.0. The zero-order valence-corrected chi connectivity index (χ0v) is 12.5. The van der Waals surface area contributed by atoms with Crippen LogP contribution in [0.4, 0.5) is 4.39 Å². The summed E-state index contributed by atoms with van der Waals surface area (Å²) in [7, 11) is 0. The first-order valence-corrected chi connectivity index (χ1v) is 7.21. The molecule has 0 amide bonds. The van der Waals surface area contributed by atoms with Crippen molar-refractivity contribution >= 4 is 11.6 Å². The number of likely N-dealkylation sites (N-methyl/N-ethyl adjacent to an activating group) is 1. The fourth-order valence-electron chi connectivity index (χ4n) is 2.32. The molecule has 0 saturated carbocycles. The van der Waals surface area contributed by atoms with Gasteiger partial charge in [0.25, 0.3) is 0 Å². The Labute approximate surface area is 123 Å². The van der Waals surface area contributed by atoms with Crippen LogP contribution in [0.3, 0.4) is 0 Å². The van der Waals surface area contributed by atoms with Gasteiger partial charge in [-0.1, -0.05) is 24.6 Å². The van der Waals surface area contributed by atoms with Crippen molar-refractivity contribution in [3.8, 4) is 0 Å². The zero-order chi connectivity index (χ0) is 14.5. The topological polar surface area (TPSA) is 29.9 Å². The monoisotopic (exact) mass is 295 g/mol. The average molecular weight is 296 g/mol. The third-order valence-electron chi connectivity index (χ3n) is 3.32. The highest BCUT2D eigenvalue weighted by atomic mass is 35.5. The molecule has 0 saturated heterocycles. The Hall–Kier alpha value is -1.39. The van der Waals surface area contributed by atoms with Crippen LogP contribution in [0.15, 0.2) is 30.6 Å². The van der Waals surface area contributed by atoms with Crippen molar-refractivity contribution in [2.45, 2.75) is 32.9 Å². The van der Waals surface area contributed by atoms with Gasteiger partial charge in [0, 0.05) is 36.4 Å². The second-order valence-corrected chi connectivity index (χ2v) is 5.02. The number of halogens is 2. The van der Waals surface area contributed by atoms with E-state index < -0.39 is 0 Å². The van der Waals surface area contributed by atoms with Crippen molar-refractivity contribution in [3.05, 3.63) is 52.8 Å². The van der Waals surface area contributed by atoms with E-state index in [4.69, 9.17) is 11.6 Å². The molecular formula is C15H19ClFN3. The largest absolute Gasteiger partial charge is 0.335 e. The lowest BCUT2D eigenvalue weighted by Gasteiger charge is -2.20. The third kappa shape index (κ3) is 3.38. The van der Waals surface area contributed by atoms with E-state index in [0.717, 1.165) is 30.9 Å². The number of benzene rings is 1. The highest BCUT2D eigenvalue weighted by Crippen LogP contribution is 2.26. The van der Waals surface area contributed by atoms with E-state index in [1.807, 2.05) is 13.1 Å². The van der Waals surface area contributed by atoms with E-state index in [0.29, 0.717) is 5.02 Å². The fourth-order valence-corrected chi connectivity index (χ4v) is 2.62. The molecule has 0 bridgehead atoms. The van der Waals surface area contributed by atoms with Gasteiger partial charge in [-0.2, -0.15) is 0 Å². The summed E-state index contributed by atoms with van der Waals surface area (Å²) in [6.45, 7) is 5.81. The summed E-state index contributed by atoms with van der Waals surface area (Å²) >= 11 is 6.17. The number of aryl methyl sites for hydroxylation is 1. The lowest BCUT2D eigenvalue weighted by molar-refractivity contribution is 0.521. The maximum atomic E-state index is 13.2. The summed E-state index contributed by atoms with van der Waals surface area (Å²) in [5.74, 6) is 0.683. The Kier molecular flexibility index (Phi) is 5.15. The second-order valence-electron chi connectivity index (χ2n) is 4.61. The van der Waals surface area contributed by atoms with Crippen LogP contribution in [0.1, 0.15) is 31.3 Å². The lowest BCUT2D eigenvalue weighted by Crippen LogP contribution is -2.24. The molecule has 0 fully saturated rings. The molecular weight excluding hydrogens is 277 g/mol. The SMILES string of the molecule is CCNC(Cc1nccn1CC)c1ccc(F)cc1Cl. The smallest absolute Gasteiger partial charge is 0.124 e. The molecule has 2 aromatic rings. The minimum absolute atomic E-state index is 0.0285. The number of nitrogens with one attached hydrogen (secondary N) is 1. The Balaban J connectivity index is 2.27. The summed E-state index contributed by atoms with van der Waals surface area (Å²) < 4.78 is 15.3. The summed E-state index contributed by atoms with van der Waals surface area (Å²) in [6.07, 6.45) is 4.48. The molecule has 0 aliphatic heterocycles. The molecule has 5 heteroatoms. The Morgan fingerprint density at radius 2 is 2.20 bits per heavy atom. The van der Waals surface area contributed by atoms with Gasteiger partial charge in [-0.25, -0.2) is 9.37 Å². The molecule has 0 radical (unpaired) electrons. The number of hydrogen-bond donors (Lipinski definition) is 1. The summed E-state index contributed by atoms with van der Waals surface area (Å²) in [5.41, 5.74) is 0.903. The van der Waals surface area contributed by atoms with Crippen LogP contribution in [0.2, 0.25) is 5.02 Å². The molecule has 2 rings (SSSR count). The van der Waals surface area contributed by atoms with Crippen LogP contribution < -0.4 is 5.32 Å². The van der Waals surface area contributed by atoms with Gasteiger partial charge < -0.3 is 9.88 Å². The van der Waals surface area contributed by atoms with Crippen molar-refractivity contribution in [1.82, 2.24) is 14.9 Å². The number of hydrogen-bond acceptors (Lipinski definition) is 2. The van der Waals surface area contributed by atoms with Crippen molar-refractivity contribution in [1.29, 1.82) is 0 Å². The van der Waals surface area contributed by atoms with Crippen LogP contribution in [-0.2, 0) is 13.0 Å². The van der Waals surface area contributed by atoms with Crippen molar-refractivity contribution in [2.24, 2.45) is 0 Å². The highest BCUT2D eigenvalue weighted by Gasteiger charge is 2.17. The van der Waals surface area contributed by atoms with Crippen molar-refractivity contribution in [2.75, 3.05) is 6.54 Å². The van der Waals surface area contributed by atoms with Crippen molar-refractivity contribution in [3.63, 3.8) is 0 Å². The molecule has 1 aromatic heterocycles. The van der Waals surface area contributed by atoms with Gasteiger partial charge in [-0.3, -0.25) is 0 Å². The van der Waals surface area contributed by atoms with E-state index in [2.05, 4.69) is 21.8 Å². The Morgan fingerprint density at radius 3 is 2.85 bits per heavy atom. The van der Waals surface area contributed by atoms with Crippen LogP contribution in [0, 0.1) is 5.82 Å². The normalized spacial score (nSPS) is 12.6. The van der Waals surface area contributed by atoms with Gasteiger partial charge in [-0.05, 0) is 31.2 Å². The standard InChI is InChI=1S/C15H19ClFN3/c1-3-18-14(10-15-19-7-8-20(15)4-2)12-6-5-11(17)9-13(12)16/h5-9,14,18H,3-4,10H2,1-2H3. The first-order valence-electron chi connectivity index (χ1n) is 6.84. The minimum atomic E-state index is -0.316. The van der Waals surface area contributed by atoms with Gasteiger partial charge in [0.15, 0.2) is 0 Å². The molecule has 20 heavy (non-hydrogen) atoms. The molecule has 0 aliphatic rings. The maximum absolute atomic E-state index is 13.2. The summed E-state index contributed by atoms with van der Waals surface area (Å²) in [5, 5.41) is 3.84. The molecule has 1 atom stereocenters. The summed E-state index contributed by atoms with van der Waals surface area (Å²) in [4.78, 5) is 4.39. The molecule has 0 aliphatic carbocycles. The van der Waals surface area contributed by atoms with Gasteiger partial charge >= 0.3 is 0 Å². The number of rotatable bonds is 6. The molecule has 0 spiro atoms. The maximum Gasteiger partial charge on any atom is 0.124 e.